The maximum atomic E-state index is 12.3. The van der Waals surface area contributed by atoms with Gasteiger partial charge < -0.3 is 4.90 Å². The van der Waals surface area contributed by atoms with Crippen molar-refractivity contribution in [3.63, 3.8) is 0 Å². The maximum absolute atomic E-state index is 12.3. The van der Waals surface area contributed by atoms with Crippen molar-refractivity contribution < 1.29 is 18.1 Å². The molecule has 0 aliphatic carbocycles. The zero-order valence-corrected chi connectivity index (χ0v) is 12.4. The second kappa shape index (κ2) is 6.14. The molecule has 0 aromatic carbocycles. The summed E-state index contributed by atoms with van der Waals surface area (Å²) in [6, 6.07) is 1.34. The van der Waals surface area contributed by atoms with Crippen molar-refractivity contribution in [1.29, 1.82) is 0 Å². The highest BCUT2D eigenvalue weighted by Gasteiger charge is 2.33. The van der Waals surface area contributed by atoms with Gasteiger partial charge in [0.1, 0.15) is 0 Å². The van der Waals surface area contributed by atoms with Crippen molar-refractivity contribution in [1.82, 2.24) is 9.88 Å². The van der Waals surface area contributed by atoms with Gasteiger partial charge in [-0.2, -0.15) is 13.2 Å². The molecule has 0 bridgehead atoms. The molecule has 10 heteroatoms. The van der Waals surface area contributed by atoms with Crippen molar-refractivity contribution in [2.45, 2.75) is 6.18 Å². The van der Waals surface area contributed by atoms with Crippen LogP contribution in [-0.2, 0) is 0 Å². The van der Waals surface area contributed by atoms with Gasteiger partial charge in [0.2, 0.25) is 5.82 Å². The van der Waals surface area contributed by atoms with Crippen LogP contribution in [0.4, 0.5) is 24.7 Å². The molecule has 2 rings (SSSR count). The highest BCUT2D eigenvalue weighted by Crippen LogP contribution is 2.29. The van der Waals surface area contributed by atoms with Crippen molar-refractivity contribution in [2.75, 3.05) is 37.6 Å². The van der Waals surface area contributed by atoms with E-state index >= 15 is 0 Å². The molecule has 1 aromatic heterocycles. The van der Waals surface area contributed by atoms with Gasteiger partial charge in [0.25, 0.3) is 0 Å². The van der Waals surface area contributed by atoms with E-state index in [0.29, 0.717) is 4.47 Å². The van der Waals surface area contributed by atoms with E-state index in [9.17, 15) is 23.3 Å². The van der Waals surface area contributed by atoms with Gasteiger partial charge >= 0.3 is 11.9 Å². The average Bonchev–Trinajstić information content (AvgIpc) is 2.38. The van der Waals surface area contributed by atoms with Gasteiger partial charge in [-0.05, 0) is 15.9 Å². The first kappa shape index (κ1) is 16.0. The van der Waals surface area contributed by atoms with Crippen molar-refractivity contribution in [3.05, 3.63) is 26.9 Å². The molecule has 0 spiro atoms. The van der Waals surface area contributed by atoms with E-state index in [0.717, 1.165) is 0 Å². The maximum Gasteiger partial charge on any atom is 0.401 e. The molecule has 1 aromatic rings. The van der Waals surface area contributed by atoms with Crippen LogP contribution >= 0.6 is 15.9 Å². The Bertz CT molecular complexity index is 533. The van der Waals surface area contributed by atoms with Crippen LogP contribution in [-0.4, -0.2) is 53.7 Å². The third-order valence-electron chi connectivity index (χ3n) is 3.09. The minimum atomic E-state index is -4.23. The number of anilines is 1. The SMILES string of the molecule is O=[N+]([O-])c1cc(Br)cnc1N1CCN(CC(F)(F)F)CC1. The Labute approximate surface area is 126 Å². The highest BCUT2D eigenvalue weighted by atomic mass is 79.9. The first-order valence-corrected chi connectivity index (χ1v) is 6.89. The van der Waals surface area contributed by atoms with Crippen LogP contribution in [0.2, 0.25) is 0 Å². The average molecular weight is 369 g/mol. The second-order valence-electron chi connectivity index (χ2n) is 4.63. The predicted octanol–water partition coefficient (Wildman–Crippen LogP) is 2.44. The lowest BCUT2D eigenvalue weighted by Gasteiger charge is -2.35. The normalized spacial score (nSPS) is 17.0. The summed E-state index contributed by atoms with van der Waals surface area (Å²) < 4.78 is 37.4. The molecule has 0 atom stereocenters. The van der Waals surface area contributed by atoms with Crippen molar-refractivity contribution in [3.8, 4) is 0 Å². The summed E-state index contributed by atoms with van der Waals surface area (Å²) >= 11 is 3.11. The number of hydrogen-bond donors (Lipinski definition) is 0. The van der Waals surface area contributed by atoms with E-state index in [1.54, 1.807) is 4.90 Å². The Morgan fingerprint density at radius 1 is 1.33 bits per heavy atom. The van der Waals surface area contributed by atoms with Crippen LogP contribution in [0.15, 0.2) is 16.7 Å². The monoisotopic (exact) mass is 368 g/mol. The summed E-state index contributed by atoms with van der Waals surface area (Å²) in [5.41, 5.74) is -0.159. The van der Waals surface area contributed by atoms with Crippen molar-refractivity contribution >= 4 is 27.4 Å². The molecule has 1 aliphatic heterocycles. The minimum absolute atomic E-state index is 0.159. The molecule has 2 heterocycles. The van der Waals surface area contributed by atoms with E-state index < -0.39 is 17.6 Å². The molecular weight excluding hydrogens is 357 g/mol. The van der Waals surface area contributed by atoms with E-state index in [-0.39, 0.29) is 37.7 Å². The third-order valence-corrected chi connectivity index (χ3v) is 3.52. The fourth-order valence-corrected chi connectivity index (χ4v) is 2.49. The molecule has 1 fully saturated rings. The van der Waals surface area contributed by atoms with Crippen molar-refractivity contribution in [2.24, 2.45) is 0 Å². The molecule has 0 N–H and O–H groups in total. The molecular formula is C11H12BrF3N4O2. The number of rotatable bonds is 3. The van der Waals surface area contributed by atoms with Crippen LogP contribution in [0.5, 0.6) is 0 Å². The summed E-state index contributed by atoms with van der Waals surface area (Å²) in [5, 5.41) is 11.0. The van der Waals surface area contributed by atoms with Gasteiger partial charge in [0, 0.05) is 42.9 Å². The second-order valence-corrected chi connectivity index (χ2v) is 5.55. The van der Waals surface area contributed by atoms with E-state index in [4.69, 9.17) is 0 Å². The number of nitrogens with zero attached hydrogens (tertiary/aromatic N) is 4. The zero-order valence-electron chi connectivity index (χ0n) is 10.8. The summed E-state index contributed by atoms with van der Waals surface area (Å²) in [7, 11) is 0. The van der Waals surface area contributed by atoms with E-state index in [2.05, 4.69) is 20.9 Å². The van der Waals surface area contributed by atoms with Crippen LogP contribution in [0, 0.1) is 10.1 Å². The van der Waals surface area contributed by atoms with Gasteiger partial charge in [-0.1, -0.05) is 0 Å². The van der Waals surface area contributed by atoms with Crippen LogP contribution in [0.1, 0.15) is 0 Å². The minimum Gasteiger partial charge on any atom is -0.348 e. The number of aromatic nitrogens is 1. The lowest BCUT2D eigenvalue weighted by molar-refractivity contribution is -0.384. The standard InChI is InChI=1S/C11H12BrF3N4O2/c12-8-5-9(19(20)21)10(16-6-8)18-3-1-17(2-4-18)7-11(13,14)15/h5-6H,1-4,7H2. The van der Waals surface area contributed by atoms with Gasteiger partial charge in [0.15, 0.2) is 0 Å². The van der Waals surface area contributed by atoms with Gasteiger partial charge in [-0.15, -0.1) is 0 Å². The van der Waals surface area contributed by atoms with Gasteiger partial charge in [-0.25, -0.2) is 4.98 Å². The summed E-state index contributed by atoms with van der Waals surface area (Å²) in [5.74, 6) is 0.190. The number of halogens is 4. The Hall–Kier alpha value is -1.42. The Balaban J connectivity index is 2.07. The summed E-state index contributed by atoms with van der Waals surface area (Å²) in [4.78, 5) is 17.4. The smallest absolute Gasteiger partial charge is 0.348 e. The molecule has 1 saturated heterocycles. The molecule has 0 amide bonds. The molecule has 0 radical (unpaired) electrons. The number of hydrogen-bond acceptors (Lipinski definition) is 5. The quantitative estimate of drug-likeness (QED) is 0.605. The zero-order chi connectivity index (χ0) is 15.6. The number of nitro groups is 1. The lowest BCUT2D eigenvalue weighted by atomic mass is 10.3. The first-order chi connectivity index (χ1) is 9.76. The topological polar surface area (TPSA) is 62.5 Å². The number of alkyl halides is 3. The molecule has 0 unspecified atom stereocenters. The fraction of sp³-hybridized carbons (Fsp3) is 0.545. The lowest BCUT2D eigenvalue weighted by Crippen LogP contribution is -2.49. The Kier molecular flexibility index (Phi) is 4.67. The van der Waals surface area contributed by atoms with Crippen LogP contribution in [0.25, 0.3) is 0 Å². The van der Waals surface area contributed by atoms with Gasteiger partial charge in [-0.3, -0.25) is 15.0 Å². The third kappa shape index (κ3) is 4.27. The molecule has 0 saturated carbocycles. The van der Waals surface area contributed by atoms with E-state index in [1.807, 2.05) is 0 Å². The molecule has 116 valence electrons. The Morgan fingerprint density at radius 2 is 1.95 bits per heavy atom. The first-order valence-electron chi connectivity index (χ1n) is 6.10. The summed E-state index contributed by atoms with van der Waals surface area (Å²) in [6.07, 6.45) is -2.80. The van der Waals surface area contributed by atoms with Gasteiger partial charge in [0.05, 0.1) is 11.5 Å². The molecule has 1 aliphatic rings. The summed E-state index contributed by atoms with van der Waals surface area (Å²) in [6.45, 7) is -0.0450. The predicted molar refractivity (Wildman–Crippen MR) is 73.3 cm³/mol. The number of pyridine rings is 1. The number of piperazine rings is 1. The fourth-order valence-electron chi connectivity index (χ4n) is 2.17. The van der Waals surface area contributed by atoms with Crippen LogP contribution in [0.3, 0.4) is 0 Å². The molecule has 6 nitrogen and oxygen atoms in total. The van der Waals surface area contributed by atoms with Crippen LogP contribution < -0.4 is 4.90 Å². The largest absolute Gasteiger partial charge is 0.401 e. The highest BCUT2D eigenvalue weighted by molar-refractivity contribution is 9.10. The van der Waals surface area contributed by atoms with E-state index in [1.165, 1.54) is 17.2 Å². The molecule has 21 heavy (non-hydrogen) atoms. The Morgan fingerprint density at radius 3 is 2.48 bits per heavy atom.